The summed E-state index contributed by atoms with van der Waals surface area (Å²) in [6, 6.07) is 17.0. The van der Waals surface area contributed by atoms with Gasteiger partial charge in [-0.15, -0.1) is 0 Å². The molecule has 7 heteroatoms. The van der Waals surface area contributed by atoms with Crippen LogP contribution in [0.4, 0.5) is 11.4 Å². The number of benzene rings is 2. The lowest BCUT2D eigenvalue weighted by molar-refractivity contribution is -0.118. The molecule has 6 nitrogen and oxygen atoms in total. The van der Waals surface area contributed by atoms with Gasteiger partial charge >= 0.3 is 0 Å². The summed E-state index contributed by atoms with van der Waals surface area (Å²) < 4.78 is 10.4. The molecule has 0 bridgehead atoms. The average molecular weight is 371 g/mol. The Morgan fingerprint density at radius 2 is 1.81 bits per heavy atom. The van der Waals surface area contributed by atoms with Crippen molar-refractivity contribution in [2.75, 3.05) is 17.2 Å². The van der Waals surface area contributed by atoms with E-state index in [9.17, 15) is 9.59 Å². The molecule has 1 aromatic heterocycles. The van der Waals surface area contributed by atoms with Gasteiger partial charge in [-0.2, -0.15) is 0 Å². The van der Waals surface area contributed by atoms with E-state index < -0.39 is 5.91 Å². The molecule has 2 N–H and O–H groups in total. The highest BCUT2D eigenvalue weighted by Crippen LogP contribution is 2.26. The fraction of sp³-hybridized carbons (Fsp3) is 0.0526. The Kier molecular flexibility index (Phi) is 5.56. The second-order valence-corrected chi connectivity index (χ2v) is 5.68. The molecule has 0 unspecified atom stereocenters. The molecule has 0 radical (unpaired) electrons. The molecule has 0 aliphatic heterocycles. The van der Waals surface area contributed by atoms with E-state index in [1.54, 1.807) is 42.5 Å². The fourth-order valence-electron chi connectivity index (χ4n) is 2.15. The van der Waals surface area contributed by atoms with Crippen LogP contribution in [-0.4, -0.2) is 18.4 Å². The van der Waals surface area contributed by atoms with Crippen molar-refractivity contribution in [2.24, 2.45) is 0 Å². The van der Waals surface area contributed by atoms with Gasteiger partial charge in [0.2, 0.25) is 0 Å². The first-order valence-electron chi connectivity index (χ1n) is 7.74. The summed E-state index contributed by atoms with van der Waals surface area (Å²) in [6.07, 6.45) is 1.41. The van der Waals surface area contributed by atoms with Gasteiger partial charge in [0.1, 0.15) is 5.75 Å². The highest BCUT2D eigenvalue weighted by atomic mass is 35.5. The van der Waals surface area contributed by atoms with E-state index in [1.165, 1.54) is 6.26 Å². The van der Waals surface area contributed by atoms with Crippen molar-refractivity contribution >= 4 is 34.8 Å². The Labute approximate surface area is 154 Å². The van der Waals surface area contributed by atoms with Crippen LogP contribution in [0.15, 0.2) is 71.3 Å². The molecule has 26 heavy (non-hydrogen) atoms. The standard InChI is InChI=1S/C19H15ClN2O4/c20-15-11-13(21-18(23)12-26-14-5-2-1-3-6-14)8-9-16(15)22-19(24)17-7-4-10-25-17/h1-11H,12H2,(H,21,23)(H,22,24). The van der Waals surface area contributed by atoms with E-state index in [0.29, 0.717) is 17.1 Å². The number of ether oxygens (including phenoxy) is 1. The lowest BCUT2D eigenvalue weighted by Crippen LogP contribution is -2.20. The predicted octanol–water partition coefficient (Wildman–Crippen LogP) is 4.20. The van der Waals surface area contributed by atoms with Crippen LogP contribution in [0.25, 0.3) is 0 Å². The third-order valence-electron chi connectivity index (χ3n) is 3.36. The maximum absolute atomic E-state index is 12.0. The SMILES string of the molecule is O=C(COc1ccccc1)Nc1ccc(NC(=O)c2ccco2)c(Cl)c1. The molecule has 3 aromatic rings. The lowest BCUT2D eigenvalue weighted by Gasteiger charge is -2.10. The summed E-state index contributed by atoms with van der Waals surface area (Å²) >= 11 is 6.16. The van der Waals surface area contributed by atoms with Gasteiger partial charge in [-0.25, -0.2) is 0 Å². The lowest BCUT2D eigenvalue weighted by atomic mass is 10.2. The number of halogens is 1. The van der Waals surface area contributed by atoms with Gasteiger partial charge in [-0.3, -0.25) is 9.59 Å². The maximum atomic E-state index is 12.0. The number of rotatable bonds is 6. The smallest absolute Gasteiger partial charge is 0.291 e. The van der Waals surface area contributed by atoms with Crippen LogP contribution in [-0.2, 0) is 4.79 Å². The molecule has 0 spiro atoms. The summed E-state index contributed by atoms with van der Waals surface area (Å²) in [5.74, 6) is 0.0513. The Bertz CT molecular complexity index is 895. The third-order valence-corrected chi connectivity index (χ3v) is 3.67. The second kappa shape index (κ2) is 8.22. The minimum atomic E-state index is -0.412. The van der Waals surface area contributed by atoms with Gasteiger partial charge in [0, 0.05) is 5.69 Å². The number of para-hydroxylation sites is 1. The molecule has 0 aliphatic rings. The summed E-state index contributed by atoms with van der Waals surface area (Å²) in [4.78, 5) is 23.9. The zero-order valence-electron chi connectivity index (χ0n) is 13.6. The number of amides is 2. The zero-order chi connectivity index (χ0) is 18.4. The van der Waals surface area contributed by atoms with Gasteiger partial charge in [0.25, 0.3) is 11.8 Å². The summed E-state index contributed by atoms with van der Waals surface area (Å²) in [5.41, 5.74) is 0.902. The Morgan fingerprint density at radius 3 is 2.50 bits per heavy atom. The quantitative estimate of drug-likeness (QED) is 0.681. The third kappa shape index (κ3) is 4.64. The Morgan fingerprint density at radius 1 is 1.00 bits per heavy atom. The van der Waals surface area contributed by atoms with Crippen LogP contribution < -0.4 is 15.4 Å². The van der Waals surface area contributed by atoms with Crippen molar-refractivity contribution < 1.29 is 18.7 Å². The van der Waals surface area contributed by atoms with Crippen molar-refractivity contribution in [1.82, 2.24) is 0 Å². The molecule has 0 fully saturated rings. The number of hydrogen-bond acceptors (Lipinski definition) is 4. The van der Waals surface area contributed by atoms with Crippen LogP contribution in [0.5, 0.6) is 5.75 Å². The van der Waals surface area contributed by atoms with Crippen LogP contribution in [0, 0.1) is 0 Å². The fourth-order valence-corrected chi connectivity index (χ4v) is 2.38. The van der Waals surface area contributed by atoms with E-state index >= 15 is 0 Å². The minimum Gasteiger partial charge on any atom is -0.484 e. The first-order chi connectivity index (χ1) is 12.6. The van der Waals surface area contributed by atoms with Crippen LogP contribution in [0.3, 0.4) is 0 Å². The van der Waals surface area contributed by atoms with Crippen molar-refractivity contribution in [3.05, 3.63) is 77.7 Å². The monoisotopic (exact) mass is 370 g/mol. The topological polar surface area (TPSA) is 80.6 Å². The highest BCUT2D eigenvalue weighted by Gasteiger charge is 2.12. The molecule has 0 saturated heterocycles. The van der Waals surface area contributed by atoms with Crippen molar-refractivity contribution in [3.63, 3.8) is 0 Å². The van der Waals surface area contributed by atoms with Gasteiger partial charge in [0.15, 0.2) is 12.4 Å². The van der Waals surface area contributed by atoms with Crippen molar-refractivity contribution in [1.29, 1.82) is 0 Å². The molecule has 132 valence electrons. The minimum absolute atomic E-state index is 0.126. The maximum Gasteiger partial charge on any atom is 0.291 e. The molecule has 0 atom stereocenters. The zero-order valence-corrected chi connectivity index (χ0v) is 14.3. The molecule has 2 amide bonds. The van der Waals surface area contributed by atoms with E-state index in [2.05, 4.69) is 10.6 Å². The van der Waals surface area contributed by atoms with E-state index in [-0.39, 0.29) is 23.3 Å². The Hall–Kier alpha value is -3.25. The first kappa shape index (κ1) is 17.6. The van der Waals surface area contributed by atoms with Gasteiger partial charge < -0.3 is 19.8 Å². The van der Waals surface area contributed by atoms with Gasteiger partial charge in [0.05, 0.1) is 17.0 Å². The number of hydrogen-bond donors (Lipinski definition) is 2. The number of furan rings is 1. The number of nitrogens with one attached hydrogen (secondary N) is 2. The molecule has 3 rings (SSSR count). The van der Waals surface area contributed by atoms with Gasteiger partial charge in [-0.1, -0.05) is 29.8 Å². The summed E-state index contributed by atoms with van der Waals surface area (Å²) in [6.45, 7) is -0.126. The molecule has 1 heterocycles. The first-order valence-corrected chi connectivity index (χ1v) is 8.12. The number of anilines is 2. The van der Waals surface area contributed by atoms with E-state index in [1.807, 2.05) is 18.2 Å². The van der Waals surface area contributed by atoms with Crippen LogP contribution in [0.1, 0.15) is 10.6 Å². The van der Waals surface area contributed by atoms with Crippen LogP contribution in [0.2, 0.25) is 5.02 Å². The molecular weight excluding hydrogens is 356 g/mol. The van der Waals surface area contributed by atoms with Gasteiger partial charge in [-0.05, 0) is 42.5 Å². The largest absolute Gasteiger partial charge is 0.484 e. The highest BCUT2D eigenvalue weighted by molar-refractivity contribution is 6.34. The number of carbonyl (C=O) groups excluding carboxylic acids is 2. The predicted molar refractivity (Wildman–Crippen MR) is 98.7 cm³/mol. The molecule has 0 saturated carbocycles. The van der Waals surface area contributed by atoms with Crippen molar-refractivity contribution in [2.45, 2.75) is 0 Å². The normalized spacial score (nSPS) is 10.2. The van der Waals surface area contributed by atoms with E-state index in [4.69, 9.17) is 20.8 Å². The summed E-state index contributed by atoms with van der Waals surface area (Å²) in [7, 11) is 0. The van der Waals surface area contributed by atoms with E-state index in [0.717, 1.165) is 0 Å². The molecule has 0 aliphatic carbocycles. The Balaban J connectivity index is 1.57. The molecular formula is C19H15ClN2O4. The molecule has 2 aromatic carbocycles. The second-order valence-electron chi connectivity index (χ2n) is 5.28. The summed E-state index contributed by atoms with van der Waals surface area (Å²) in [5, 5.41) is 5.60. The van der Waals surface area contributed by atoms with Crippen molar-refractivity contribution in [3.8, 4) is 5.75 Å². The van der Waals surface area contributed by atoms with Crippen LogP contribution >= 0.6 is 11.6 Å². The average Bonchev–Trinajstić information content (AvgIpc) is 3.18. The number of carbonyl (C=O) groups is 2.